The minimum absolute atomic E-state index is 0.0145. The second kappa shape index (κ2) is 5.37. The van der Waals surface area contributed by atoms with Crippen molar-refractivity contribution in [2.75, 3.05) is 18.4 Å². The molecule has 0 bridgehead atoms. The van der Waals surface area contributed by atoms with Gasteiger partial charge in [0, 0.05) is 23.1 Å². The zero-order chi connectivity index (χ0) is 13.4. The van der Waals surface area contributed by atoms with Gasteiger partial charge in [-0.3, -0.25) is 4.90 Å². The third-order valence-corrected chi connectivity index (χ3v) is 4.65. The first-order chi connectivity index (χ1) is 9.15. The predicted octanol–water partition coefficient (Wildman–Crippen LogP) is 3.77. The molecule has 2 aliphatic rings. The Labute approximate surface area is 120 Å². The van der Waals surface area contributed by atoms with E-state index in [9.17, 15) is 8.78 Å². The summed E-state index contributed by atoms with van der Waals surface area (Å²) < 4.78 is 28.1. The van der Waals surface area contributed by atoms with Crippen molar-refractivity contribution in [3.05, 3.63) is 28.2 Å². The first-order valence-corrected chi connectivity index (χ1v) is 7.59. The van der Waals surface area contributed by atoms with Gasteiger partial charge in [-0.05, 0) is 37.9 Å². The van der Waals surface area contributed by atoms with E-state index in [1.165, 1.54) is 25.0 Å². The lowest BCUT2D eigenvalue weighted by molar-refractivity contribution is 0.192. The van der Waals surface area contributed by atoms with Gasteiger partial charge in [-0.2, -0.15) is 0 Å². The molecule has 2 saturated heterocycles. The van der Waals surface area contributed by atoms with Crippen molar-refractivity contribution in [2.45, 2.75) is 37.8 Å². The van der Waals surface area contributed by atoms with E-state index in [0.717, 1.165) is 25.9 Å². The number of fused-ring (bicyclic) bond motifs is 1. The molecule has 0 spiro atoms. The van der Waals surface area contributed by atoms with Gasteiger partial charge < -0.3 is 5.32 Å². The van der Waals surface area contributed by atoms with Gasteiger partial charge >= 0.3 is 0 Å². The number of piperidine rings is 1. The molecule has 2 atom stereocenters. The van der Waals surface area contributed by atoms with Crippen LogP contribution >= 0.6 is 15.9 Å². The highest BCUT2D eigenvalue weighted by Crippen LogP contribution is 2.31. The summed E-state index contributed by atoms with van der Waals surface area (Å²) in [6, 6.07) is 3.19. The van der Waals surface area contributed by atoms with Crippen molar-refractivity contribution in [2.24, 2.45) is 0 Å². The largest absolute Gasteiger partial charge is 0.376 e. The summed E-state index contributed by atoms with van der Waals surface area (Å²) >= 11 is 3.10. The molecule has 2 aliphatic heterocycles. The van der Waals surface area contributed by atoms with E-state index in [4.69, 9.17) is 0 Å². The monoisotopic (exact) mass is 330 g/mol. The molecule has 1 aromatic carbocycles. The highest BCUT2D eigenvalue weighted by atomic mass is 79.9. The van der Waals surface area contributed by atoms with Crippen LogP contribution in [0.4, 0.5) is 14.5 Å². The second-order valence-corrected chi connectivity index (χ2v) is 6.30. The summed E-state index contributed by atoms with van der Waals surface area (Å²) in [4.78, 5) is 2.44. The van der Waals surface area contributed by atoms with Gasteiger partial charge in [0.1, 0.15) is 17.3 Å². The van der Waals surface area contributed by atoms with Crippen LogP contribution in [-0.2, 0) is 0 Å². The second-order valence-electron chi connectivity index (χ2n) is 5.38. The smallest absolute Gasteiger partial charge is 0.150 e. The van der Waals surface area contributed by atoms with E-state index >= 15 is 0 Å². The van der Waals surface area contributed by atoms with Gasteiger partial charge in [-0.15, -0.1) is 0 Å². The molecule has 2 nitrogen and oxygen atoms in total. The number of anilines is 1. The van der Waals surface area contributed by atoms with Gasteiger partial charge in [0.25, 0.3) is 0 Å². The Morgan fingerprint density at radius 2 is 1.84 bits per heavy atom. The van der Waals surface area contributed by atoms with Crippen LogP contribution in [0.15, 0.2) is 16.6 Å². The van der Waals surface area contributed by atoms with Gasteiger partial charge in [-0.1, -0.05) is 22.4 Å². The molecule has 5 heteroatoms. The van der Waals surface area contributed by atoms with Gasteiger partial charge in [0.15, 0.2) is 0 Å². The zero-order valence-corrected chi connectivity index (χ0v) is 12.2. The average molecular weight is 331 g/mol. The molecule has 19 heavy (non-hydrogen) atoms. The average Bonchev–Trinajstić information content (AvgIpc) is 2.77. The fraction of sp³-hybridized carbons (Fsp3) is 0.571. The highest BCUT2D eigenvalue weighted by Gasteiger charge is 2.36. The number of rotatable bonds is 2. The summed E-state index contributed by atoms with van der Waals surface area (Å²) in [6.45, 7) is 2.15. The summed E-state index contributed by atoms with van der Waals surface area (Å²) in [6.07, 6.45) is 4.53. The minimum Gasteiger partial charge on any atom is -0.376 e. The lowest BCUT2D eigenvalue weighted by Crippen LogP contribution is -2.42. The maximum Gasteiger partial charge on any atom is 0.150 e. The van der Waals surface area contributed by atoms with E-state index in [1.807, 2.05) is 0 Å². The van der Waals surface area contributed by atoms with E-state index < -0.39 is 11.6 Å². The Bertz CT molecular complexity index is 458. The molecular weight excluding hydrogens is 314 g/mol. The highest BCUT2D eigenvalue weighted by molar-refractivity contribution is 9.10. The Hall–Kier alpha value is -0.680. The van der Waals surface area contributed by atoms with Gasteiger partial charge in [0.2, 0.25) is 0 Å². The number of hydrogen-bond acceptors (Lipinski definition) is 2. The van der Waals surface area contributed by atoms with Crippen LogP contribution in [0, 0.1) is 11.6 Å². The lowest BCUT2D eigenvalue weighted by Gasteiger charge is -2.33. The van der Waals surface area contributed by atoms with Crippen LogP contribution in [0.3, 0.4) is 0 Å². The van der Waals surface area contributed by atoms with E-state index in [2.05, 4.69) is 26.1 Å². The van der Waals surface area contributed by atoms with Crippen molar-refractivity contribution in [1.29, 1.82) is 0 Å². The molecule has 104 valence electrons. The number of nitrogens with zero attached hydrogens (tertiary/aromatic N) is 1. The number of nitrogens with one attached hydrogen (secondary N) is 1. The molecule has 0 amide bonds. The fourth-order valence-electron chi connectivity index (χ4n) is 3.28. The SMILES string of the molecule is Fc1cc(Br)cc(F)c1NC1CCN2CCCCC12. The van der Waals surface area contributed by atoms with E-state index in [1.54, 1.807) is 0 Å². The molecule has 2 fully saturated rings. The number of benzene rings is 1. The van der Waals surface area contributed by atoms with Gasteiger partial charge in [-0.25, -0.2) is 8.78 Å². The molecular formula is C14H17BrF2N2. The summed E-state index contributed by atoms with van der Waals surface area (Å²) in [5.74, 6) is -1.05. The number of hydrogen-bond donors (Lipinski definition) is 1. The summed E-state index contributed by atoms with van der Waals surface area (Å²) in [5.41, 5.74) is 0.0145. The Kier molecular flexibility index (Phi) is 3.76. The first-order valence-electron chi connectivity index (χ1n) is 6.80. The predicted molar refractivity (Wildman–Crippen MR) is 75.3 cm³/mol. The van der Waals surface area contributed by atoms with Crippen LogP contribution in [-0.4, -0.2) is 30.1 Å². The maximum atomic E-state index is 13.8. The summed E-state index contributed by atoms with van der Waals surface area (Å²) in [7, 11) is 0. The molecule has 2 heterocycles. The van der Waals surface area contributed by atoms with Crippen LogP contribution in [0.1, 0.15) is 25.7 Å². The zero-order valence-electron chi connectivity index (χ0n) is 10.6. The molecule has 1 aromatic rings. The molecule has 0 radical (unpaired) electrons. The fourth-order valence-corrected chi connectivity index (χ4v) is 3.68. The molecule has 0 aliphatic carbocycles. The minimum atomic E-state index is -0.527. The van der Waals surface area contributed by atoms with Crippen molar-refractivity contribution in [3.63, 3.8) is 0 Å². The van der Waals surface area contributed by atoms with Crippen molar-refractivity contribution >= 4 is 21.6 Å². The van der Waals surface area contributed by atoms with Crippen molar-refractivity contribution in [3.8, 4) is 0 Å². The molecule has 2 unspecified atom stereocenters. The third-order valence-electron chi connectivity index (χ3n) is 4.19. The Morgan fingerprint density at radius 1 is 1.11 bits per heavy atom. The van der Waals surface area contributed by atoms with Crippen molar-refractivity contribution in [1.82, 2.24) is 4.90 Å². The lowest BCUT2D eigenvalue weighted by atomic mass is 9.99. The molecule has 3 rings (SSSR count). The Balaban J connectivity index is 1.78. The van der Waals surface area contributed by atoms with Crippen LogP contribution < -0.4 is 5.32 Å². The molecule has 0 aromatic heterocycles. The maximum absolute atomic E-state index is 13.8. The Morgan fingerprint density at radius 3 is 2.58 bits per heavy atom. The topological polar surface area (TPSA) is 15.3 Å². The quantitative estimate of drug-likeness (QED) is 0.888. The van der Waals surface area contributed by atoms with Crippen LogP contribution in [0.2, 0.25) is 0 Å². The van der Waals surface area contributed by atoms with E-state index in [-0.39, 0.29) is 11.7 Å². The third kappa shape index (κ3) is 2.63. The van der Waals surface area contributed by atoms with E-state index in [0.29, 0.717) is 10.5 Å². The normalized spacial score (nSPS) is 27.3. The number of halogens is 3. The van der Waals surface area contributed by atoms with Gasteiger partial charge in [0.05, 0.1) is 0 Å². The molecule has 0 saturated carbocycles. The first kappa shape index (κ1) is 13.3. The molecule has 1 N–H and O–H groups in total. The van der Waals surface area contributed by atoms with Crippen molar-refractivity contribution < 1.29 is 8.78 Å². The van der Waals surface area contributed by atoms with Crippen LogP contribution in [0.25, 0.3) is 0 Å². The van der Waals surface area contributed by atoms with Crippen LogP contribution in [0.5, 0.6) is 0 Å². The standard InChI is InChI=1S/C14H17BrF2N2/c15-9-7-10(16)14(11(17)8-9)18-12-4-6-19-5-2-1-3-13(12)19/h7-8,12-13,18H,1-6H2. The summed E-state index contributed by atoms with van der Waals surface area (Å²) in [5, 5.41) is 3.09.